The zero-order valence-corrected chi connectivity index (χ0v) is 17.4. The minimum atomic E-state index is -1.77. The predicted molar refractivity (Wildman–Crippen MR) is 104 cm³/mol. The molecule has 0 aliphatic rings. The number of nitrogens with zero attached hydrogens (tertiary/aromatic N) is 2. The van der Waals surface area contributed by atoms with E-state index in [-0.39, 0.29) is 5.04 Å². The molecule has 3 nitrogen and oxygen atoms in total. The van der Waals surface area contributed by atoms with Gasteiger partial charge >= 0.3 is 0 Å². The molecule has 2 rings (SSSR count). The van der Waals surface area contributed by atoms with Gasteiger partial charge in [0.2, 0.25) is 0 Å². The Balaban J connectivity index is 2.20. The highest BCUT2D eigenvalue weighted by atomic mass is 79.9. The van der Waals surface area contributed by atoms with Gasteiger partial charge in [0.05, 0.1) is 6.61 Å². The summed E-state index contributed by atoms with van der Waals surface area (Å²) in [5, 5.41) is 9.18. The van der Waals surface area contributed by atoms with E-state index in [2.05, 4.69) is 79.0 Å². The summed E-state index contributed by atoms with van der Waals surface area (Å²) in [6.07, 6.45) is 1.66. The predicted octanol–water partition coefficient (Wildman–Crippen LogP) is 5.90. The van der Waals surface area contributed by atoms with Crippen molar-refractivity contribution in [3.63, 3.8) is 0 Å². The van der Waals surface area contributed by atoms with Crippen LogP contribution in [-0.2, 0) is 11.0 Å². The molecule has 0 fully saturated rings. The minimum absolute atomic E-state index is 0.199. The van der Waals surface area contributed by atoms with Gasteiger partial charge < -0.3 is 4.43 Å². The van der Waals surface area contributed by atoms with Gasteiger partial charge in [-0.3, -0.25) is 0 Å². The maximum absolute atomic E-state index is 8.99. The fourth-order valence-corrected chi connectivity index (χ4v) is 3.43. The van der Waals surface area contributed by atoms with Crippen molar-refractivity contribution in [1.82, 2.24) is 4.98 Å². The highest BCUT2D eigenvalue weighted by molar-refractivity contribution is 9.10. The molecule has 0 radical (unpaired) electrons. The third-order valence-corrected chi connectivity index (χ3v) is 9.87. The van der Waals surface area contributed by atoms with E-state index in [1.54, 1.807) is 12.3 Å². The second-order valence-electron chi connectivity index (χ2n) is 7.40. The van der Waals surface area contributed by atoms with Crippen molar-refractivity contribution in [3.05, 3.63) is 52.3 Å². The molecule has 2 aromatic rings. The van der Waals surface area contributed by atoms with Crippen LogP contribution in [0.1, 0.15) is 32.0 Å². The van der Waals surface area contributed by atoms with E-state index in [1.807, 2.05) is 6.07 Å². The van der Waals surface area contributed by atoms with Gasteiger partial charge in [-0.15, -0.1) is 0 Å². The lowest BCUT2D eigenvalue weighted by molar-refractivity contribution is 0.275. The lowest BCUT2D eigenvalue weighted by atomic mass is 10.0. The van der Waals surface area contributed by atoms with Crippen LogP contribution in [0.25, 0.3) is 11.1 Å². The van der Waals surface area contributed by atoms with Crippen molar-refractivity contribution in [2.45, 2.75) is 45.5 Å². The molecule has 0 aliphatic carbocycles. The molecule has 0 atom stereocenters. The van der Waals surface area contributed by atoms with Crippen LogP contribution in [0, 0.1) is 11.3 Å². The molecule has 0 unspecified atom stereocenters. The molecule has 1 aromatic carbocycles. The van der Waals surface area contributed by atoms with Crippen molar-refractivity contribution < 1.29 is 4.43 Å². The Morgan fingerprint density at radius 3 is 2.42 bits per heavy atom. The van der Waals surface area contributed by atoms with Crippen LogP contribution in [0.2, 0.25) is 18.1 Å². The quantitative estimate of drug-likeness (QED) is 0.597. The monoisotopic (exact) mass is 402 g/mol. The third-order valence-electron chi connectivity index (χ3n) is 4.66. The molecule has 0 N–H and O–H groups in total. The van der Waals surface area contributed by atoms with Crippen LogP contribution >= 0.6 is 15.9 Å². The van der Waals surface area contributed by atoms with Crippen molar-refractivity contribution in [2.75, 3.05) is 0 Å². The number of benzene rings is 1. The molecular weight excluding hydrogens is 380 g/mol. The van der Waals surface area contributed by atoms with Gasteiger partial charge in [-0.25, -0.2) is 4.98 Å². The average molecular weight is 403 g/mol. The van der Waals surface area contributed by atoms with Crippen molar-refractivity contribution in [1.29, 1.82) is 5.26 Å². The smallest absolute Gasteiger partial charge is 0.192 e. The number of pyridine rings is 1. The maximum atomic E-state index is 8.99. The van der Waals surface area contributed by atoms with Crippen LogP contribution in [0.4, 0.5) is 0 Å². The molecule has 0 bridgehead atoms. The molecule has 1 heterocycles. The second-order valence-corrected chi connectivity index (χ2v) is 13.1. The highest BCUT2D eigenvalue weighted by Gasteiger charge is 2.37. The van der Waals surface area contributed by atoms with Crippen LogP contribution in [0.3, 0.4) is 0 Å². The van der Waals surface area contributed by atoms with E-state index in [4.69, 9.17) is 9.69 Å². The first-order chi connectivity index (χ1) is 11.1. The summed E-state index contributed by atoms with van der Waals surface area (Å²) in [7, 11) is -1.77. The van der Waals surface area contributed by atoms with E-state index in [0.29, 0.717) is 12.3 Å². The molecule has 0 aliphatic heterocycles. The lowest BCUT2D eigenvalue weighted by Gasteiger charge is -2.36. The van der Waals surface area contributed by atoms with Crippen LogP contribution < -0.4 is 0 Å². The zero-order chi connectivity index (χ0) is 18.0. The normalized spacial score (nSPS) is 12.0. The van der Waals surface area contributed by atoms with E-state index >= 15 is 0 Å². The van der Waals surface area contributed by atoms with Crippen LogP contribution in [-0.4, -0.2) is 13.3 Å². The Bertz CT molecular complexity index is 776. The van der Waals surface area contributed by atoms with Crippen LogP contribution in [0.5, 0.6) is 0 Å². The first kappa shape index (κ1) is 18.8. The zero-order valence-electron chi connectivity index (χ0n) is 14.9. The van der Waals surface area contributed by atoms with Crippen LogP contribution in [0.15, 0.2) is 41.0 Å². The Labute approximate surface area is 154 Å². The van der Waals surface area contributed by atoms with Gasteiger partial charge in [-0.2, -0.15) is 5.26 Å². The molecule has 0 amide bonds. The summed E-state index contributed by atoms with van der Waals surface area (Å²) in [6.45, 7) is 11.9. The first-order valence-corrected chi connectivity index (χ1v) is 11.6. The van der Waals surface area contributed by atoms with Gasteiger partial charge in [0.25, 0.3) is 0 Å². The number of rotatable bonds is 4. The molecule has 1 aromatic heterocycles. The number of halogens is 1. The van der Waals surface area contributed by atoms with E-state index in [1.165, 1.54) is 0 Å². The summed E-state index contributed by atoms with van der Waals surface area (Å²) >= 11 is 3.65. The molecular formula is C19H23BrN2OSi. The van der Waals surface area contributed by atoms with Gasteiger partial charge in [0, 0.05) is 10.7 Å². The summed E-state index contributed by atoms with van der Waals surface area (Å²) in [6, 6.07) is 12.0. The van der Waals surface area contributed by atoms with Gasteiger partial charge in [-0.05, 0) is 53.0 Å². The summed E-state index contributed by atoms with van der Waals surface area (Å²) < 4.78 is 7.32. The summed E-state index contributed by atoms with van der Waals surface area (Å²) in [5.74, 6) is 0. The molecule has 0 spiro atoms. The number of aromatic nitrogens is 1. The molecule has 0 saturated heterocycles. The Kier molecular flexibility index (Phi) is 5.64. The molecule has 24 heavy (non-hydrogen) atoms. The second kappa shape index (κ2) is 7.18. The number of hydrogen-bond donors (Lipinski definition) is 0. The number of hydrogen-bond acceptors (Lipinski definition) is 3. The minimum Gasteiger partial charge on any atom is -0.413 e. The largest absolute Gasteiger partial charge is 0.413 e. The van der Waals surface area contributed by atoms with E-state index < -0.39 is 8.32 Å². The first-order valence-electron chi connectivity index (χ1n) is 7.93. The highest BCUT2D eigenvalue weighted by Crippen LogP contribution is 2.37. The number of nitriles is 1. The van der Waals surface area contributed by atoms with Gasteiger partial charge in [0.15, 0.2) is 8.32 Å². The fraction of sp³-hybridized carbons (Fsp3) is 0.368. The SMILES string of the molecule is CC(C)(C)[Si](C)(C)OCc1ccc(-c2ccnc(C#N)c2)cc1Br. The molecule has 5 heteroatoms. The average Bonchev–Trinajstić information content (AvgIpc) is 2.52. The third kappa shape index (κ3) is 4.32. The van der Waals surface area contributed by atoms with Crippen molar-refractivity contribution in [2.24, 2.45) is 0 Å². The molecule has 126 valence electrons. The van der Waals surface area contributed by atoms with E-state index in [9.17, 15) is 0 Å². The Morgan fingerprint density at radius 1 is 1.17 bits per heavy atom. The molecule has 0 saturated carbocycles. The van der Waals surface area contributed by atoms with Crippen molar-refractivity contribution in [3.8, 4) is 17.2 Å². The topological polar surface area (TPSA) is 45.9 Å². The maximum Gasteiger partial charge on any atom is 0.192 e. The fourth-order valence-electron chi connectivity index (χ4n) is 1.99. The van der Waals surface area contributed by atoms with E-state index in [0.717, 1.165) is 21.2 Å². The Morgan fingerprint density at radius 2 is 1.83 bits per heavy atom. The van der Waals surface area contributed by atoms with Gasteiger partial charge in [0.1, 0.15) is 11.8 Å². The van der Waals surface area contributed by atoms with Crippen molar-refractivity contribution >= 4 is 24.2 Å². The lowest BCUT2D eigenvalue weighted by Crippen LogP contribution is -2.40. The van der Waals surface area contributed by atoms with Gasteiger partial charge in [-0.1, -0.05) is 48.8 Å². The standard InChI is InChI=1S/C19H23BrN2OSi/c1-19(2,3)24(4,5)23-13-16-7-6-14(11-18(16)20)15-8-9-22-17(10-15)12-21/h6-11H,13H2,1-5H3. The Hall–Kier alpha value is -1.48. The summed E-state index contributed by atoms with van der Waals surface area (Å²) in [4.78, 5) is 4.01. The summed E-state index contributed by atoms with van der Waals surface area (Å²) in [5.41, 5.74) is 3.60.